The van der Waals surface area contributed by atoms with E-state index in [1.807, 2.05) is 0 Å². The number of rotatable bonds is 5. The summed E-state index contributed by atoms with van der Waals surface area (Å²) in [7, 11) is -3.50. The van der Waals surface area contributed by atoms with Gasteiger partial charge in [-0.25, -0.2) is 8.42 Å². The van der Waals surface area contributed by atoms with E-state index in [-0.39, 0.29) is 11.8 Å². The molecule has 0 radical (unpaired) electrons. The first kappa shape index (κ1) is 13.4. The minimum absolute atomic E-state index is 0.0435. The van der Waals surface area contributed by atoms with Crippen LogP contribution in [0.5, 0.6) is 0 Å². The van der Waals surface area contributed by atoms with Gasteiger partial charge in [-0.2, -0.15) is 0 Å². The van der Waals surface area contributed by atoms with Gasteiger partial charge in [-0.3, -0.25) is 4.79 Å². The molecule has 16 heavy (non-hydrogen) atoms. The van der Waals surface area contributed by atoms with Crippen molar-refractivity contribution in [2.24, 2.45) is 0 Å². The maximum absolute atomic E-state index is 11.6. The number of carboxylic acids is 1. The van der Waals surface area contributed by atoms with Gasteiger partial charge in [0.2, 0.25) is 0 Å². The fourth-order valence-corrected chi connectivity index (χ4v) is 3.08. The molecule has 5 nitrogen and oxygen atoms in total. The largest absolute Gasteiger partial charge is 0.480 e. The Hall–Kier alpha value is -0.620. The van der Waals surface area contributed by atoms with E-state index in [0.29, 0.717) is 6.42 Å². The first-order valence-corrected chi connectivity index (χ1v) is 7.33. The molecule has 0 aromatic carbocycles. The molecular formula is C10H19NO4S. The minimum Gasteiger partial charge on any atom is -0.480 e. The fraction of sp³-hybridized carbons (Fsp3) is 0.900. The monoisotopic (exact) mass is 249 g/mol. The smallest absolute Gasteiger partial charge is 0.321 e. The van der Waals surface area contributed by atoms with Crippen molar-refractivity contribution in [3.8, 4) is 0 Å². The first-order chi connectivity index (χ1) is 7.43. The second-order valence-corrected chi connectivity index (χ2v) is 6.72. The first-order valence-electron chi connectivity index (χ1n) is 5.61. The normalized spacial score (nSPS) is 23.9. The van der Waals surface area contributed by atoms with Crippen LogP contribution < -0.4 is 5.32 Å². The summed E-state index contributed by atoms with van der Waals surface area (Å²) in [5, 5.41) is 10.6. The zero-order valence-corrected chi connectivity index (χ0v) is 10.3. The number of carbonyl (C=O) groups is 1. The van der Waals surface area contributed by atoms with Crippen molar-refractivity contribution in [3.63, 3.8) is 0 Å². The molecular weight excluding hydrogens is 230 g/mol. The highest BCUT2D eigenvalue weighted by atomic mass is 32.2. The van der Waals surface area contributed by atoms with Crippen LogP contribution in [0.15, 0.2) is 0 Å². The molecule has 1 aliphatic rings. The van der Waals surface area contributed by atoms with Crippen LogP contribution in [0.4, 0.5) is 0 Å². The van der Waals surface area contributed by atoms with Gasteiger partial charge in [0.25, 0.3) is 0 Å². The Kier molecular flexibility index (Phi) is 4.73. The third kappa shape index (κ3) is 3.75. The Bertz CT molecular complexity index is 333. The second kappa shape index (κ2) is 5.63. The van der Waals surface area contributed by atoms with Gasteiger partial charge in [-0.15, -0.1) is 0 Å². The van der Waals surface area contributed by atoms with E-state index in [4.69, 9.17) is 5.11 Å². The van der Waals surface area contributed by atoms with Crippen molar-refractivity contribution < 1.29 is 18.3 Å². The number of hydrogen-bond donors (Lipinski definition) is 2. The summed E-state index contributed by atoms with van der Waals surface area (Å²) in [6.07, 6.45) is 3.75. The van der Waals surface area contributed by atoms with Crippen LogP contribution in [0.25, 0.3) is 0 Å². The van der Waals surface area contributed by atoms with Crippen molar-refractivity contribution in [2.45, 2.75) is 43.9 Å². The highest BCUT2D eigenvalue weighted by molar-refractivity contribution is 7.92. The number of piperidine rings is 1. The molecule has 0 saturated carbocycles. The Balaban J connectivity index is 2.44. The Morgan fingerprint density at radius 3 is 2.69 bits per heavy atom. The van der Waals surface area contributed by atoms with Gasteiger partial charge in [0.05, 0.1) is 5.75 Å². The zero-order valence-electron chi connectivity index (χ0n) is 9.48. The van der Waals surface area contributed by atoms with Gasteiger partial charge in [-0.05, 0) is 32.7 Å². The third-order valence-corrected chi connectivity index (χ3v) is 5.13. The summed E-state index contributed by atoms with van der Waals surface area (Å²) in [6, 6.07) is 0.226. The SMILES string of the molecule is CC(C(=O)O)S(=O)(=O)CCC1CCCCN1. The number of carboxylic acid groups (broad SMARTS) is 1. The molecule has 0 aromatic heterocycles. The molecule has 0 aromatic rings. The number of aliphatic carboxylic acids is 1. The lowest BCUT2D eigenvalue weighted by Crippen LogP contribution is -2.37. The van der Waals surface area contributed by atoms with Crippen LogP contribution in [0.1, 0.15) is 32.6 Å². The predicted molar refractivity (Wildman–Crippen MR) is 61.1 cm³/mol. The molecule has 0 spiro atoms. The molecule has 1 saturated heterocycles. The van der Waals surface area contributed by atoms with Crippen molar-refractivity contribution in [1.29, 1.82) is 0 Å². The third-order valence-electron chi connectivity index (χ3n) is 3.05. The van der Waals surface area contributed by atoms with E-state index in [2.05, 4.69) is 5.32 Å². The van der Waals surface area contributed by atoms with Crippen LogP contribution in [-0.2, 0) is 14.6 Å². The lowest BCUT2D eigenvalue weighted by Gasteiger charge is -2.23. The van der Waals surface area contributed by atoms with Crippen LogP contribution in [-0.4, -0.2) is 43.1 Å². The van der Waals surface area contributed by atoms with Gasteiger partial charge < -0.3 is 10.4 Å². The average molecular weight is 249 g/mol. The van der Waals surface area contributed by atoms with Gasteiger partial charge in [-0.1, -0.05) is 6.42 Å². The van der Waals surface area contributed by atoms with E-state index >= 15 is 0 Å². The molecule has 2 atom stereocenters. The molecule has 6 heteroatoms. The summed E-state index contributed by atoms with van der Waals surface area (Å²) in [6.45, 7) is 2.16. The molecule has 0 amide bonds. The molecule has 94 valence electrons. The maximum atomic E-state index is 11.6. The standard InChI is InChI=1S/C10H19NO4S/c1-8(10(12)13)16(14,15)7-5-9-4-2-3-6-11-9/h8-9,11H,2-7H2,1H3,(H,12,13). The van der Waals surface area contributed by atoms with Gasteiger partial charge in [0, 0.05) is 6.04 Å². The summed E-state index contributed by atoms with van der Waals surface area (Å²) in [5.74, 6) is -1.31. The van der Waals surface area contributed by atoms with E-state index in [1.165, 1.54) is 6.92 Å². The predicted octanol–water partition coefficient (Wildman–Crippen LogP) is 0.406. The van der Waals surface area contributed by atoms with E-state index < -0.39 is 21.1 Å². The average Bonchev–Trinajstić information content (AvgIpc) is 2.27. The minimum atomic E-state index is -3.50. The molecule has 1 aliphatic heterocycles. The fourth-order valence-electron chi connectivity index (χ4n) is 1.81. The van der Waals surface area contributed by atoms with Crippen LogP contribution in [0.2, 0.25) is 0 Å². The lowest BCUT2D eigenvalue weighted by atomic mass is 10.0. The van der Waals surface area contributed by atoms with Crippen LogP contribution in [0.3, 0.4) is 0 Å². The molecule has 0 aliphatic carbocycles. The van der Waals surface area contributed by atoms with Crippen LogP contribution >= 0.6 is 0 Å². The van der Waals surface area contributed by atoms with Crippen molar-refractivity contribution >= 4 is 15.8 Å². The summed E-state index contributed by atoms with van der Waals surface area (Å²) in [4.78, 5) is 10.6. The summed E-state index contributed by atoms with van der Waals surface area (Å²) >= 11 is 0. The molecule has 1 rings (SSSR count). The number of hydrogen-bond acceptors (Lipinski definition) is 4. The van der Waals surface area contributed by atoms with E-state index in [9.17, 15) is 13.2 Å². The quantitative estimate of drug-likeness (QED) is 0.737. The summed E-state index contributed by atoms with van der Waals surface area (Å²) in [5.41, 5.74) is 0. The second-order valence-electron chi connectivity index (χ2n) is 4.28. The highest BCUT2D eigenvalue weighted by Gasteiger charge is 2.28. The van der Waals surface area contributed by atoms with Gasteiger partial charge in [0.15, 0.2) is 15.1 Å². The Morgan fingerprint density at radius 1 is 1.50 bits per heavy atom. The molecule has 2 N–H and O–H groups in total. The lowest BCUT2D eigenvalue weighted by molar-refractivity contribution is -0.136. The van der Waals surface area contributed by atoms with Crippen molar-refractivity contribution in [2.75, 3.05) is 12.3 Å². The molecule has 0 bridgehead atoms. The highest BCUT2D eigenvalue weighted by Crippen LogP contribution is 2.13. The maximum Gasteiger partial charge on any atom is 0.321 e. The Labute approximate surface area is 96.1 Å². The summed E-state index contributed by atoms with van der Waals surface area (Å²) < 4.78 is 23.2. The molecule has 2 unspecified atom stereocenters. The van der Waals surface area contributed by atoms with Crippen LogP contribution in [0, 0.1) is 0 Å². The number of sulfone groups is 1. The molecule has 1 heterocycles. The van der Waals surface area contributed by atoms with Crippen molar-refractivity contribution in [3.05, 3.63) is 0 Å². The Morgan fingerprint density at radius 2 is 2.19 bits per heavy atom. The van der Waals surface area contributed by atoms with Gasteiger partial charge >= 0.3 is 5.97 Å². The topological polar surface area (TPSA) is 83.5 Å². The van der Waals surface area contributed by atoms with Crippen molar-refractivity contribution in [1.82, 2.24) is 5.32 Å². The zero-order chi connectivity index (χ0) is 12.2. The van der Waals surface area contributed by atoms with Gasteiger partial charge in [0.1, 0.15) is 0 Å². The van der Waals surface area contributed by atoms with E-state index in [1.54, 1.807) is 0 Å². The molecule has 1 fully saturated rings. The van der Waals surface area contributed by atoms with E-state index in [0.717, 1.165) is 25.8 Å². The number of nitrogens with one attached hydrogen (secondary N) is 1.